The molecule has 6 aromatic rings. The maximum absolute atomic E-state index is 7.43. The second kappa shape index (κ2) is 17.5. The van der Waals surface area contributed by atoms with Crippen LogP contribution in [0.1, 0.15) is 56.7 Å². The molecule has 0 amide bonds. The summed E-state index contributed by atoms with van der Waals surface area (Å²) < 4.78 is 7.43. The Balaban J connectivity index is 1.01. The van der Waals surface area contributed by atoms with Crippen LogP contribution in [-0.2, 0) is 17.8 Å². The van der Waals surface area contributed by atoms with E-state index in [0.29, 0.717) is 0 Å². The molecule has 6 aromatic carbocycles. The molecule has 55 heavy (non-hydrogen) atoms. The number of aryl methyl sites for hydroxylation is 2. The Morgan fingerprint density at radius 1 is 0.418 bits per heavy atom. The van der Waals surface area contributed by atoms with E-state index in [1.807, 2.05) is 0 Å². The summed E-state index contributed by atoms with van der Waals surface area (Å²) in [6.45, 7) is 14.9. The smallest absolute Gasteiger partial charge is 0.109 e. The molecule has 0 radical (unpaired) electrons. The van der Waals surface area contributed by atoms with Crippen molar-refractivity contribution in [1.29, 1.82) is 0 Å². The Kier molecular flexibility index (Phi) is 11.7. The van der Waals surface area contributed by atoms with Crippen molar-refractivity contribution in [3.63, 3.8) is 0 Å². The predicted octanol–water partition coefficient (Wildman–Crippen LogP) is 9.84. The molecule has 2 saturated heterocycles. The zero-order valence-electron chi connectivity index (χ0n) is 32.4. The van der Waals surface area contributed by atoms with Gasteiger partial charge in [0.15, 0.2) is 0 Å². The van der Waals surface area contributed by atoms with E-state index >= 15 is 0 Å². The van der Waals surface area contributed by atoms with Crippen LogP contribution < -0.4 is 9.80 Å². The molecule has 5 nitrogen and oxygen atoms in total. The minimum atomic E-state index is -0.236. The second-order valence-electron chi connectivity index (χ2n) is 15.3. The van der Waals surface area contributed by atoms with Crippen molar-refractivity contribution in [2.24, 2.45) is 0 Å². The van der Waals surface area contributed by atoms with Crippen molar-refractivity contribution in [3.05, 3.63) is 202 Å². The summed E-state index contributed by atoms with van der Waals surface area (Å²) in [7, 11) is 0. The molecule has 8 rings (SSSR count). The van der Waals surface area contributed by atoms with Gasteiger partial charge in [0.2, 0.25) is 0 Å². The Morgan fingerprint density at radius 3 is 1.11 bits per heavy atom. The Morgan fingerprint density at radius 2 is 0.764 bits per heavy atom. The molecule has 0 aliphatic carbocycles. The van der Waals surface area contributed by atoms with E-state index in [-0.39, 0.29) is 12.2 Å². The molecule has 280 valence electrons. The molecule has 2 unspecified atom stereocenters. The van der Waals surface area contributed by atoms with Crippen LogP contribution in [-0.4, -0.2) is 62.2 Å². The molecule has 5 heteroatoms. The van der Waals surface area contributed by atoms with Crippen molar-refractivity contribution in [1.82, 2.24) is 9.80 Å². The fraction of sp³-hybridized carbons (Fsp3) is 0.280. The van der Waals surface area contributed by atoms with Crippen LogP contribution in [0.4, 0.5) is 11.4 Å². The lowest BCUT2D eigenvalue weighted by Crippen LogP contribution is -2.46. The van der Waals surface area contributed by atoms with Crippen LogP contribution in [0.3, 0.4) is 0 Å². The van der Waals surface area contributed by atoms with Crippen LogP contribution in [0, 0.1) is 13.8 Å². The molecule has 2 heterocycles. The third-order valence-electron chi connectivity index (χ3n) is 11.5. The van der Waals surface area contributed by atoms with Crippen molar-refractivity contribution >= 4 is 11.4 Å². The summed E-state index contributed by atoms with van der Waals surface area (Å²) in [4.78, 5) is 10.2. The first-order valence-corrected chi connectivity index (χ1v) is 20.1. The average Bonchev–Trinajstić information content (AvgIpc) is 3.24. The Bertz CT molecular complexity index is 1940. The number of anilines is 2. The van der Waals surface area contributed by atoms with Gasteiger partial charge in [0.05, 0.1) is 0 Å². The molecule has 0 N–H and O–H groups in total. The van der Waals surface area contributed by atoms with Crippen LogP contribution in [0.5, 0.6) is 0 Å². The molecular weight excluding hydrogens is 673 g/mol. The highest BCUT2D eigenvalue weighted by atomic mass is 16.5. The zero-order valence-corrected chi connectivity index (χ0v) is 32.4. The van der Waals surface area contributed by atoms with E-state index in [0.717, 1.165) is 76.6 Å². The number of nitrogens with zero attached hydrogens (tertiary/aromatic N) is 4. The lowest BCUT2D eigenvalue weighted by atomic mass is 9.93. The topological polar surface area (TPSA) is 22.2 Å². The van der Waals surface area contributed by atoms with Crippen molar-refractivity contribution in [2.75, 3.05) is 62.2 Å². The number of hydrogen-bond donors (Lipinski definition) is 0. The van der Waals surface area contributed by atoms with E-state index in [4.69, 9.17) is 4.74 Å². The highest BCUT2D eigenvalue weighted by Gasteiger charge is 2.27. The molecule has 2 aliphatic rings. The van der Waals surface area contributed by atoms with Gasteiger partial charge >= 0.3 is 0 Å². The van der Waals surface area contributed by atoms with E-state index < -0.39 is 0 Å². The molecule has 0 bridgehead atoms. The van der Waals surface area contributed by atoms with Crippen molar-refractivity contribution < 1.29 is 4.74 Å². The summed E-state index contributed by atoms with van der Waals surface area (Å²) in [6, 6.07) is 57.2. The molecule has 0 saturated carbocycles. The molecule has 2 fully saturated rings. The molecule has 0 spiro atoms. The first-order chi connectivity index (χ1) is 27.1. The fourth-order valence-electron chi connectivity index (χ4n) is 8.37. The highest BCUT2D eigenvalue weighted by Crippen LogP contribution is 2.40. The number of rotatable bonds is 12. The number of piperazine rings is 2. The van der Waals surface area contributed by atoms with Crippen molar-refractivity contribution in [2.45, 2.75) is 39.1 Å². The van der Waals surface area contributed by atoms with Gasteiger partial charge in [-0.3, -0.25) is 9.80 Å². The summed E-state index contributed by atoms with van der Waals surface area (Å²) in [5.41, 5.74) is 12.6. The number of hydrogen-bond acceptors (Lipinski definition) is 5. The first-order valence-electron chi connectivity index (χ1n) is 20.1. The van der Waals surface area contributed by atoms with Gasteiger partial charge in [-0.1, -0.05) is 133 Å². The monoisotopic (exact) mass is 726 g/mol. The number of benzene rings is 6. The Labute approximate surface area is 328 Å². The predicted molar refractivity (Wildman–Crippen MR) is 228 cm³/mol. The van der Waals surface area contributed by atoms with E-state index in [9.17, 15) is 0 Å². The van der Waals surface area contributed by atoms with Crippen LogP contribution >= 0.6 is 0 Å². The van der Waals surface area contributed by atoms with Gasteiger partial charge in [-0.2, -0.15) is 0 Å². The van der Waals surface area contributed by atoms with Gasteiger partial charge < -0.3 is 14.5 Å². The van der Waals surface area contributed by atoms with E-state index in [1.54, 1.807) is 0 Å². The third-order valence-corrected chi connectivity index (χ3v) is 11.5. The largest absolute Gasteiger partial charge is 0.369 e. The van der Waals surface area contributed by atoms with E-state index in [1.165, 1.54) is 44.8 Å². The van der Waals surface area contributed by atoms with Crippen LogP contribution in [0.2, 0.25) is 0 Å². The maximum atomic E-state index is 7.43. The Hall–Kier alpha value is -5.20. The normalized spacial score (nSPS) is 16.5. The second-order valence-corrected chi connectivity index (χ2v) is 15.3. The molecule has 0 aromatic heterocycles. The molecule has 2 atom stereocenters. The lowest BCUT2D eigenvalue weighted by Gasteiger charge is -2.37. The van der Waals surface area contributed by atoms with Gasteiger partial charge in [0, 0.05) is 76.8 Å². The minimum absolute atomic E-state index is 0.236. The number of ether oxygens (including phenoxy) is 1. The minimum Gasteiger partial charge on any atom is -0.369 e. The summed E-state index contributed by atoms with van der Waals surface area (Å²) in [5, 5.41) is 0. The molecular formula is C50H54N4O. The summed E-state index contributed by atoms with van der Waals surface area (Å²) >= 11 is 0. The maximum Gasteiger partial charge on any atom is 0.109 e. The molecule has 2 aliphatic heterocycles. The summed E-state index contributed by atoms with van der Waals surface area (Å²) in [6.07, 6.45) is -0.472. The van der Waals surface area contributed by atoms with Gasteiger partial charge in [0.1, 0.15) is 12.2 Å². The highest BCUT2D eigenvalue weighted by molar-refractivity contribution is 5.54. The standard InChI is InChI=1S/C50H54N4O/c1-39-35-45(53-31-27-51(28-32-53)37-41-15-7-3-8-16-41)23-25-47(39)49(43-19-11-5-12-20-43)55-50(44-21-13-6-14-22-44)48-26-24-46(36-40(48)2)54-33-29-52(30-34-54)38-42-17-9-4-10-18-42/h3-26,35-36,49-50H,27-34,37-38H2,1-2H3. The first kappa shape index (κ1) is 36.8. The quantitative estimate of drug-likeness (QED) is 0.125. The van der Waals surface area contributed by atoms with Gasteiger partial charge in [-0.15, -0.1) is 0 Å². The third kappa shape index (κ3) is 9.03. The zero-order chi connectivity index (χ0) is 37.4. The van der Waals surface area contributed by atoms with Crippen LogP contribution in [0.15, 0.2) is 158 Å². The van der Waals surface area contributed by atoms with Gasteiger partial charge in [0.25, 0.3) is 0 Å². The van der Waals surface area contributed by atoms with Crippen molar-refractivity contribution in [3.8, 4) is 0 Å². The average molecular weight is 727 g/mol. The fourth-order valence-corrected chi connectivity index (χ4v) is 8.37. The lowest BCUT2D eigenvalue weighted by molar-refractivity contribution is 0.0302. The van der Waals surface area contributed by atoms with Gasteiger partial charge in [-0.05, 0) is 82.6 Å². The SMILES string of the molecule is Cc1cc(N2CCN(Cc3ccccc3)CC2)ccc1C(OC(c1ccccc1)c1ccc(N2CCN(Cc3ccccc3)CC2)cc1C)c1ccccc1. The summed E-state index contributed by atoms with van der Waals surface area (Å²) in [5.74, 6) is 0. The van der Waals surface area contributed by atoms with Gasteiger partial charge in [-0.25, -0.2) is 0 Å². The van der Waals surface area contributed by atoms with E-state index in [2.05, 4.69) is 191 Å². The van der Waals surface area contributed by atoms with Crippen LogP contribution in [0.25, 0.3) is 0 Å².